The van der Waals surface area contributed by atoms with Gasteiger partial charge in [-0.15, -0.1) is 11.3 Å². The number of ether oxygens (including phenoxy) is 1. The maximum absolute atomic E-state index is 13.0. The standard InChI is InChI=1S/C18H15NO3S/c1-10-11-6-3-4-7-12(11)19-16(10)14(13-8-5-9-23-13)15(17(19)20)18(21)22-2/h3-9,14-15H,1-2H3/t14-,15-/m1/s1. The molecule has 0 spiro atoms. The number of benzene rings is 1. The molecule has 116 valence electrons. The predicted octanol–water partition coefficient (Wildman–Crippen LogP) is 3.59. The minimum absolute atomic E-state index is 0.199. The monoisotopic (exact) mass is 325 g/mol. The first-order valence-electron chi connectivity index (χ1n) is 7.40. The van der Waals surface area contributed by atoms with E-state index in [2.05, 4.69) is 0 Å². The molecule has 1 aromatic carbocycles. The van der Waals surface area contributed by atoms with Crippen LogP contribution in [0, 0.1) is 12.8 Å². The van der Waals surface area contributed by atoms with Crippen LogP contribution >= 0.6 is 11.3 Å². The lowest BCUT2D eigenvalue weighted by Gasteiger charge is -2.15. The van der Waals surface area contributed by atoms with Crippen LogP contribution in [0.5, 0.6) is 0 Å². The van der Waals surface area contributed by atoms with Crippen molar-refractivity contribution < 1.29 is 14.3 Å². The van der Waals surface area contributed by atoms with Gasteiger partial charge >= 0.3 is 5.97 Å². The normalized spacial score (nSPS) is 20.0. The van der Waals surface area contributed by atoms with E-state index in [0.29, 0.717) is 0 Å². The topological polar surface area (TPSA) is 48.3 Å². The Morgan fingerprint density at radius 3 is 2.70 bits per heavy atom. The Morgan fingerprint density at radius 2 is 2.00 bits per heavy atom. The van der Waals surface area contributed by atoms with Crippen LogP contribution in [0.25, 0.3) is 10.9 Å². The zero-order valence-electron chi connectivity index (χ0n) is 12.8. The van der Waals surface area contributed by atoms with E-state index in [1.807, 2.05) is 48.7 Å². The van der Waals surface area contributed by atoms with Crippen LogP contribution in [-0.2, 0) is 9.53 Å². The highest BCUT2D eigenvalue weighted by atomic mass is 32.1. The van der Waals surface area contributed by atoms with E-state index in [1.54, 1.807) is 15.9 Å². The highest BCUT2D eigenvalue weighted by molar-refractivity contribution is 7.10. The summed E-state index contributed by atoms with van der Waals surface area (Å²) in [6.45, 7) is 2.02. The zero-order valence-corrected chi connectivity index (χ0v) is 13.6. The second-order valence-electron chi connectivity index (χ2n) is 5.69. The fraction of sp³-hybridized carbons (Fsp3) is 0.222. The molecule has 23 heavy (non-hydrogen) atoms. The molecule has 3 heterocycles. The van der Waals surface area contributed by atoms with Crippen LogP contribution in [-0.4, -0.2) is 23.6 Å². The van der Waals surface area contributed by atoms with Crippen LogP contribution in [0.15, 0.2) is 41.8 Å². The Hall–Kier alpha value is -2.40. The minimum atomic E-state index is -0.808. The van der Waals surface area contributed by atoms with Crippen LogP contribution < -0.4 is 0 Å². The fourth-order valence-electron chi connectivity index (χ4n) is 3.60. The summed E-state index contributed by atoms with van der Waals surface area (Å²) in [6, 6.07) is 11.7. The quantitative estimate of drug-likeness (QED) is 0.534. The lowest BCUT2D eigenvalue weighted by atomic mass is 9.88. The third kappa shape index (κ3) is 1.83. The Kier molecular flexibility index (Phi) is 3.13. The molecule has 0 N–H and O–H groups in total. The van der Waals surface area contributed by atoms with E-state index in [4.69, 9.17) is 4.74 Å². The number of esters is 1. The first-order valence-corrected chi connectivity index (χ1v) is 8.28. The van der Waals surface area contributed by atoms with Gasteiger partial charge in [0.25, 0.3) is 0 Å². The number of para-hydroxylation sites is 1. The molecule has 0 aliphatic carbocycles. The molecule has 1 aliphatic heterocycles. The van der Waals surface area contributed by atoms with Crippen molar-refractivity contribution >= 4 is 34.1 Å². The first kappa shape index (κ1) is 14.2. The van der Waals surface area contributed by atoms with Crippen LogP contribution in [0.2, 0.25) is 0 Å². The van der Waals surface area contributed by atoms with Crippen LogP contribution in [0.1, 0.15) is 26.8 Å². The molecule has 4 rings (SSSR count). The molecule has 0 amide bonds. The van der Waals surface area contributed by atoms with Crippen molar-refractivity contribution in [2.75, 3.05) is 7.11 Å². The van der Waals surface area contributed by atoms with Crippen molar-refractivity contribution in [1.82, 2.24) is 4.57 Å². The van der Waals surface area contributed by atoms with E-state index in [9.17, 15) is 9.59 Å². The molecule has 3 aromatic rings. The lowest BCUT2D eigenvalue weighted by Crippen LogP contribution is -2.27. The van der Waals surface area contributed by atoms with Gasteiger partial charge in [-0.25, -0.2) is 0 Å². The zero-order chi connectivity index (χ0) is 16.1. The third-order valence-electron chi connectivity index (χ3n) is 4.59. The summed E-state index contributed by atoms with van der Waals surface area (Å²) in [4.78, 5) is 26.3. The maximum atomic E-state index is 13.0. The van der Waals surface area contributed by atoms with Gasteiger partial charge in [0.15, 0.2) is 0 Å². The number of carbonyl (C=O) groups is 2. The van der Waals surface area contributed by atoms with Crippen molar-refractivity contribution in [3.05, 3.63) is 57.9 Å². The number of hydrogen-bond acceptors (Lipinski definition) is 4. The predicted molar refractivity (Wildman–Crippen MR) is 89.0 cm³/mol. The van der Waals surface area contributed by atoms with Gasteiger partial charge in [0.2, 0.25) is 5.91 Å². The molecule has 1 aliphatic rings. The number of aryl methyl sites for hydroxylation is 1. The number of hydrogen-bond donors (Lipinski definition) is 0. The number of aromatic nitrogens is 1. The molecule has 0 saturated carbocycles. The molecule has 0 fully saturated rings. The van der Waals surface area contributed by atoms with Gasteiger partial charge in [-0.2, -0.15) is 0 Å². The molecule has 4 nitrogen and oxygen atoms in total. The molecule has 0 bridgehead atoms. The van der Waals surface area contributed by atoms with Crippen molar-refractivity contribution in [3.63, 3.8) is 0 Å². The summed E-state index contributed by atoms with van der Waals surface area (Å²) < 4.78 is 6.62. The van der Waals surface area contributed by atoms with Gasteiger partial charge < -0.3 is 4.74 Å². The van der Waals surface area contributed by atoms with E-state index >= 15 is 0 Å². The number of carbonyl (C=O) groups excluding carboxylic acids is 2. The van der Waals surface area contributed by atoms with E-state index in [0.717, 1.165) is 27.0 Å². The molecule has 2 atom stereocenters. The van der Waals surface area contributed by atoms with Crippen molar-refractivity contribution in [2.24, 2.45) is 5.92 Å². The number of rotatable bonds is 2. The van der Waals surface area contributed by atoms with Gasteiger partial charge in [-0.3, -0.25) is 14.2 Å². The highest BCUT2D eigenvalue weighted by Gasteiger charge is 2.48. The second kappa shape index (κ2) is 5.06. The molecule has 0 unspecified atom stereocenters. The highest BCUT2D eigenvalue weighted by Crippen LogP contribution is 2.46. The summed E-state index contributed by atoms with van der Waals surface area (Å²) in [5.74, 6) is -1.76. The fourth-order valence-corrected chi connectivity index (χ4v) is 4.47. The Morgan fingerprint density at radius 1 is 1.22 bits per heavy atom. The SMILES string of the molecule is COC(=O)[C@H]1C(=O)n2c(c(C)c3ccccc32)[C@@H]1c1cccs1. The molecule has 0 saturated heterocycles. The van der Waals surface area contributed by atoms with Gasteiger partial charge in [0.1, 0.15) is 5.92 Å². The summed E-state index contributed by atoms with van der Waals surface area (Å²) in [5, 5.41) is 3.02. The maximum Gasteiger partial charge on any atom is 0.319 e. The number of methoxy groups -OCH3 is 1. The van der Waals surface area contributed by atoms with Crippen LogP contribution in [0.4, 0.5) is 0 Å². The van der Waals surface area contributed by atoms with Gasteiger partial charge in [0, 0.05) is 16.0 Å². The number of thiophene rings is 1. The Labute approximate surface area is 137 Å². The smallest absolute Gasteiger partial charge is 0.319 e. The van der Waals surface area contributed by atoms with Crippen LogP contribution in [0.3, 0.4) is 0 Å². The third-order valence-corrected chi connectivity index (χ3v) is 5.55. The summed E-state index contributed by atoms with van der Waals surface area (Å²) in [7, 11) is 1.33. The summed E-state index contributed by atoms with van der Waals surface area (Å²) in [5.41, 5.74) is 2.82. The van der Waals surface area contributed by atoms with Crippen molar-refractivity contribution in [2.45, 2.75) is 12.8 Å². The molecular formula is C18H15NO3S. The average molecular weight is 325 g/mol. The van der Waals surface area contributed by atoms with E-state index in [-0.39, 0.29) is 11.8 Å². The van der Waals surface area contributed by atoms with Gasteiger partial charge in [-0.1, -0.05) is 24.3 Å². The summed E-state index contributed by atoms with van der Waals surface area (Å²) in [6.07, 6.45) is 0. The van der Waals surface area contributed by atoms with Crippen molar-refractivity contribution in [3.8, 4) is 0 Å². The number of nitrogens with zero attached hydrogens (tertiary/aromatic N) is 1. The Balaban J connectivity index is 2.04. The number of fused-ring (bicyclic) bond motifs is 3. The Bertz CT molecular complexity index is 923. The molecule has 2 aromatic heterocycles. The minimum Gasteiger partial charge on any atom is -0.468 e. The van der Waals surface area contributed by atoms with Gasteiger partial charge in [-0.05, 0) is 30.0 Å². The molecule has 0 radical (unpaired) electrons. The second-order valence-corrected chi connectivity index (χ2v) is 6.67. The van der Waals surface area contributed by atoms with Gasteiger partial charge in [0.05, 0.1) is 18.5 Å². The molecule has 5 heteroatoms. The van der Waals surface area contributed by atoms with Crippen molar-refractivity contribution in [1.29, 1.82) is 0 Å². The summed E-state index contributed by atoms with van der Waals surface area (Å²) >= 11 is 1.56. The average Bonchev–Trinajstić information content (AvgIpc) is 3.25. The lowest BCUT2D eigenvalue weighted by molar-refractivity contribution is -0.143. The van der Waals surface area contributed by atoms with E-state index < -0.39 is 11.9 Å². The first-order chi connectivity index (χ1) is 11.1. The molecular weight excluding hydrogens is 310 g/mol. The van der Waals surface area contributed by atoms with E-state index in [1.165, 1.54) is 7.11 Å². The largest absolute Gasteiger partial charge is 0.468 e.